The summed E-state index contributed by atoms with van der Waals surface area (Å²) < 4.78 is 10.5. The number of amides is 3. The molecule has 0 radical (unpaired) electrons. The predicted molar refractivity (Wildman–Crippen MR) is 101 cm³/mol. The number of ether oxygens (including phenoxy) is 2. The van der Waals surface area contributed by atoms with Gasteiger partial charge in [0, 0.05) is 37.5 Å². The van der Waals surface area contributed by atoms with Crippen LogP contribution in [0.1, 0.15) is 6.92 Å². The molecule has 2 rings (SSSR count). The molecule has 3 amide bonds. The first kappa shape index (κ1) is 19.1. The molecule has 0 saturated heterocycles. The second-order valence-electron chi connectivity index (χ2n) is 5.46. The van der Waals surface area contributed by atoms with Crippen LogP contribution in [0.5, 0.6) is 11.5 Å². The fraction of sp³-hybridized carbons (Fsp3) is 0.263. The van der Waals surface area contributed by atoms with Crippen LogP contribution in [0, 0.1) is 0 Å². The number of urea groups is 1. The highest BCUT2D eigenvalue weighted by Gasteiger charge is 2.14. The number of rotatable bonds is 7. The van der Waals surface area contributed by atoms with Crippen LogP contribution < -0.4 is 25.0 Å². The van der Waals surface area contributed by atoms with Crippen molar-refractivity contribution in [2.45, 2.75) is 6.92 Å². The first-order valence-corrected chi connectivity index (χ1v) is 8.15. The first-order valence-electron chi connectivity index (χ1n) is 8.15. The molecule has 0 aliphatic carbocycles. The van der Waals surface area contributed by atoms with E-state index in [0.717, 1.165) is 0 Å². The molecule has 0 aromatic heterocycles. The van der Waals surface area contributed by atoms with Crippen LogP contribution in [0.15, 0.2) is 48.5 Å². The lowest BCUT2D eigenvalue weighted by molar-refractivity contribution is -0.116. The Morgan fingerprint density at radius 2 is 1.69 bits per heavy atom. The molecule has 7 heteroatoms. The standard InChI is InChI=1S/C19H23N3O4/c1-14(23)22(16-9-10-17(25-2)18(13-16)26-3)12-11-20-19(24)21-15-7-5-4-6-8-15/h4-10,13H,11-12H2,1-3H3,(H2,20,21,24). The number of carbonyl (C=O) groups excluding carboxylic acids is 2. The minimum absolute atomic E-state index is 0.137. The normalized spacial score (nSPS) is 9.96. The first-order chi connectivity index (χ1) is 12.5. The van der Waals surface area contributed by atoms with Gasteiger partial charge in [-0.25, -0.2) is 4.79 Å². The molecular formula is C19H23N3O4. The SMILES string of the molecule is COc1ccc(N(CCNC(=O)Nc2ccccc2)C(C)=O)cc1OC. The third-order valence-electron chi connectivity index (χ3n) is 3.71. The van der Waals surface area contributed by atoms with Gasteiger partial charge in [0.05, 0.1) is 14.2 Å². The summed E-state index contributed by atoms with van der Waals surface area (Å²) in [6, 6.07) is 14.0. The molecule has 2 aromatic rings. The zero-order valence-electron chi connectivity index (χ0n) is 15.1. The van der Waals surface area contributed by atoms with Gasteiger partial charge < -0.3 is 25.0 Å². The fourth-order valence-corrected chi connectivity index (χ4v) is 2.44. The Morgan fingerprint density at radius 1 is 1.00 bits per heavy atom. The van der Waals surface area contributed by atoms with Crippen LogP contribution in [0.4, 0.5) is 16.2 Å². The lowest BCUT2D eigenvalue weighted by Crippen LogP contribution is -2.39. The van der Waals surface area contributed by atoms with Gasteiger partial charge in [-0.3, -0.25) is 4.79 Å². The summed E-state index contributed by atoms with van der Waals surface area (Å²) in [5, 5.41) is 5.47. The molecule has 0 unspecified atom stereocenters. The van der Waals surface area contributed by atoms with Gasteiger partial charge in [0.25, 0.3) is 0 Å². The van der Waals surface area contributed by atoms with Gasteiger partial charge in [-0.05, 0) is 24.3 Å². The number of hydrogen-bond acceptors (Lipinski definition) is 4. The molecule has 26 heavy (non-hydrogen) atoms. The van der Waals surface area contributed by atoms with Crippen LogP contribution in [0.25, 0.3) is 0 Å². The quantitative estimate of drug-likeness (QED) is 0.798. The van der Waals surface area contributed by atoms with Crippen molar-refractivity contribution >= 4 is 23.3 Å². The number of para-hydroxylation sites is 1. The minimum atomic E-state index is -0.327. The maximum Gasteiger partial charge on any atom is 0.319 e. The van der Waals surface area contributed by atoms with E-state index in [1.807, 2.05) is 18.2 Å². The lowest BCUT2D eigenvalue weighted by atomic mass is 10.2. The van der Waals surface area contributed by atoms with Crippen molar-refractivity contribution in [1.82, 2.24) is 5.32 Å². The summed E-state index contributed by atoms with van der Waals surface area (Å²) in [5.74, 6) is 0.980. The van der Waals surface area contributed by atoms with E-state index in [-0.39, 0.29) is 11.9 Å². The number of nitrogens with zero attached hydrogens (tertiary/aromatic N) is 1. The molecule has 0 saturated carbocycles. The van der Waals surface area contributed by atoms with E-state index in [9.17, 15) is 9.59 Å². The van der Waals surface area contributed by atoms with Gasteiger partial charge in [-0.1, -0.05) is 18.2 Å². The number of methoxy groups -OCH3 is 2. The third-order valence-corrected chi connectivity index (χ3v) is 3.71. The van der Waals surface area contributed by atoms with E-state index >= 15 is 0 Å². The largest absolute Gasteiger partial charge is 0.493 e. The molecule has 0 heterocycles. The number of hydrogen-bond donors (Lipinski definition) is 2. The van der Waals surface area contributed by atoms with Crippen molar-refractivity contribution in [3.05, 3.63) is 48.5 Å². The molecule has 2 N–H and O–H groups in total. The van der Waals surface area contributed by atoms with Crippen molar-refractivity contribution in [3.63, 3.8) is 0 Å². The third kappa shape index (κ3) is 5.14. The van der Waals surface area contributed by atoms with Crippen molar-refractivity contribution in [3.8, 4) is 11.5 Å². The average molecular weight is 357 g/mol. The van der Waals surface area contributed by atoms with Crippen molar-refractivity contribution < 1.29 is 19.1 Å². The predicted octanol–water partition coefficient (Wildman–Crippen LogP) is 2.88. The highest BCUT2D eigenvalue weighted by Crippen LogP contribution is 2.31. The lowest BCUT2D eigenvalue weighted by Gasteiger charge is -2.22. The topological polar surface area (TPSA) is 79.9 Å². The van der Waals surface area contributed by atoms with Crippen molar-refractivity contribution in [2.24, 2.45) is 0 Å². The second kappa shape index (κ2) is 9.31. The number of benzene rings is 2. The molecule has 138 valence electrons. The Balaban J connectivity index is 1.96. The molecule has 0 atom stereocenters. The summed E-state index contributed by atoms with van der Waals surface area (Å²) >= 11 is 0. The molecule has 0 spiro atoms. The second-order valence-corrected chi connectivity index (χ2v) is 5.46. The summed E-state index contributed by atoms with van der Waals surface area (Å²) in [6.45, 7) is 2.10. The molecule has 7 nitrogen and oxygen atoms in total. The highest BCUT2D eigenvalue weighted by molar-refractivity contribution is 5.92. The van der Waals surface area contributed by atoms with E-state index in [2.05, 4.69) is 10.6 Å². The van der Waals surface area contributed by atoms with E-state index < -0.39 is 0 Å². The van der Waals surface area contributed by atoms with Gasteiger partial charge in [0.1, 0.15) is 0 Å². The van der Waals surface area contributed by atoms with Gasteiger partial charge in [-0.15, -0.1) is 0 Å². The fourth-order valence-electron chi connectivity index (χ4n) is 2.44. The maximum atomic E-state index is 12.0. The van der Waals surface area contributed by atoms with Gasteiger partial charge in [0.2, 0.25) is 5.91 Å². The number of carbonyl (C=O) groups is 2. The van der Waals surface area contributed by atoms with Crippen molar-refractivity contribution in [1.29, 1.82) is 0 Å². The van der Waals surface area contributed by atoms with Gasteiger partial charge in [0.15, 0.2) is 11.5 Å². The summed E-state index contributed by atoms with van der Waals surface area (Å²) in [5.41, 5.74) is 1.37. The Hall–Kier alpha value is -3.22. The van der Waals surface area contributed by atoms with Crippen LogP contribution in [-0.2, 0) is 4.79 Å². The van der Waals surface area contributed by atoms with Crippen LogP contribution >= 0.6 is 0 Å². The summed E-state index contributed by atoms with van der Waals surface area (Å²) in [6.07, 6.45) is 0. The molecule has 0 bridgehead atoms. The molecular weight excluding hydrogens is 334 g/mol. The van der Waals surface area contributed by atoms with E-state index in [1.165, 1.54) is 14.0 Å². The van der Waals surface area contributed by atoms with Crippen molar-refractivity contribution in [2.75, 3.05) is 37.5 Å². The smallest absolute Gasteiger partial charge is 0.319 e. The van der Waals surface area contributed by atoms with E-state index in [1.54, 1.807) is 42.3 Å². The zero-order chi connectivity index (χ0) is 18.9. The van der Waals surface area contributed by atoms with Crippen LogP contribution in [0.2, 0.25) is 0 Å². The number of nitrogens with one attached hydrogen (secondary N) is 2. The Bertz CT molecular complexity index is 750. The number of anilines is 2. The molecule has 0 aliphatic heterocycles. The monoisotopic (exact) mass is 357 g/mol. The van der Waals surface area contributed by atoms with Gasteiger partial charge in [-0.2, -0.15) is 0 Å². The van der Waals surface area contributed by atoms with Crippen LogP contribution in [-0.4, -0.2) is 39.2 Å². The maximum absolute atomic E-state index is 12.0. The van der Waals surface area contributed by atoms with E-state index in [0.29, 0.717) is 36.0 Å². The zero-order valence-corrected chi connectivity index (χ0v) is 15.1. The summed E-state index contributed by atoms with van der Waals surface area (Å²) in [4.78, 5) is 25.5. The molecule has 0 fully saturated rings. The summed E-state index contributed by atoms with van der Waals surface area (Å²) in [7, 11) is 3.09. The average Bonchev–Trinajstić information content (AvgIpc) is 2.65. The minimum Gasteiger partial charge on any atom is -0.493 e. The highest BCUT2D eigenvalue weighted by atomic mass is 16.5. The Morgan fingerprint density at radius 3 is 2.31 bits per heavy atom. The molecule has 0 aliphatic rings. The van der Waals surface area contributed by atoms with Gasteiger partial charge >= 0.3 is 6.03 Å². The molecule has 2 aromatic carbocycles. The van der Waals surface area contributed by atoms with Crippen LogP contribution in [0.3, 0.4) is 0 Å². The Labute approximate surface area is 152 Å². The van der Waals surface area contributed by atoms with E-state index in [4.69, 9.17) is 9.47 Å². The Kier molecular flexibility index (Phi) is 6.84.